The summed E-state index contributed by atoms with van der Waals surface area (Å²) < 4.78 is 6.71. The van der Waals surface area contributed by atoms with E-state index in [9.17, 15) is 14.4 Å². The number of rotatable bonds is 4. The van der Waals surface area contributed by atoms with Crippen molar-refractivity contribution in [1.29, 1.82) is 0 Å². The summed E-state index contributed by atoms with van der Waals surface area (Å²) >= 11 is 0. The number of imide groups is 1. The van der Waals surface area contributed by atoms with Crippen LogP contribution in [0.5, 0.6) is 0 Å². The van der Waals surface area contributed by atoms with Gasteiger partial charge in [0.05, 0.1) is 24.2 Å². The molecule has 1 N–H and O–H groups in total. The molecule has 1 atom stereocenters. The first-order valence-corrected chi connectivity index (χ1v) is 12.8. The highest BCUT2D eigenvalue weighted by Gasteiger charge is 2.32. The van der Waals surface area contributed by atoms with Gasteiger partial charge in [0.15, 0.2) is 0 Å². The van der Waals surface area contributed by atoms with Gasteiger partial charge in [0.25, 0.3) is 0 Å². The number of hydrogen-bond donors (Lipinski definition) is 1. The molecular formula is C26H35N5O4. The largest absolute Gasteiger partial charge is 0.453 e. The van der Waals surface area contributed by atoms with Crippen molar-refractivity contribution in [1.82, 2.24) is 24.9 Å². The first-order chi connectivity index (χ1) is 16.9. The average Bonchev–Trinajstić information content (AvgIpc) is 3.20. The molecule has 3 fully saturated rings. The number of carbonyl (C=O) groups is 3. The number of aromatic nitrogens is 2. The number of benzene rings is 1. The Labute approximate surface area is 205 Å². The molecule has 5 rings (SSSR count). The molecule has 1 aromatic carbocycles. The van der Waals surface area contributed by atoms with Gasteiger partial charge in [-0.25, -0.2) is 4.79 Å². The lowest BCUT2D eigenvalue weighted by Crippen LogP contribution is -2.43. The molecule has 3 aliphatic rings. The number of piperidine rings is 3. The topological polar surface area (TPSA) is 96.8 Å². The number of carbonyl (C=O) groups excluding carboxylic acids is 3. The predicted octanol–water partition coefficient (Wildman–Crippen LogP) is 2.75. The number of methoxy groups -OCH3 is 1. The van der Waals surface area contributed by atoms with E-state index in [0.717, 1.165) is 75.0 Å². The molecule has 1 unspecified atom stereocenters. The monoisotopic (exact) mass is 481 g/mol. The Bertz CT molecular complexity index is 1110. The zero-order valence-corrected chi connectivity index (χ0v) is 20.7. The lowest BCUT2D eigenvalue weighted by atomic mass is 9.87. The lowest BCUT2D eigenvalue weighted by molar-refractivity contribution is -0.134. The van der Waals surface area contributed by atoms with E-state index in [1.165, 1.54) is 12.7 Å². The fourth-order valence-electron chi connectivity index (χ4n) is 6.01. The third-order valence-electron chi connectivity index (χ3n) is 8.10. The number of amides is 3. The van der Waals surface area contributed by atoms with E-state index >= 15 is 0 Å². The van der Waals surface area contributed by atoms with Gasteiger partial charge in [0.1, 0.15) is 0 Å². The molecule has 9 heteroatoms. The van der Waals surface area contributed by atoms with Gasteiger partial charge in [-0.15, -0.1) is 0 Å². The summed E-state index contributed by atoms with van der Waals surface area (Å²) in [6, 6.07) is 6.54. The van der Waals surface area contributed by atoms with Crippen molar-refractivity contribution >= 4 is 28.8 Å². The van der Waals surface area contributed by atoms with Crippen molar-refractivity contribution < 1.29 is 19.1 Å². The molecule has 0 saturated carbocycles. The molecule has 3 amide bonds. The Kier molecular flexibility index (Phi) is 6.77. The van der Waals surface area contributed by atoms with Crippen LogP contribution in [0.15, 0.2) is 18.2 Å². The summed E-state index contributed by atoms with van der Waals surface area (Å²) in [6.45, 7) is 4.87. The minimum atomic E-state index is -0.370. The molecular weight excluding hydrogens is 446 g/mol. The fraction of sp³-hybridized carbons (Fsp3) is 0.615. The highest BCUT2D eigenvalue weighted by atomic mass is 16.5. The number of nitrogens with one attached hydrogen (secondary N) is 1. The molecule has 9 nitrogen and oxygen atoms in total. The van der Waals surface area contributed by atoms with E-state index in [0.29, 0.717) is 24.7 Å². The second-order valence-corrected chi connectivity index (χ2v) is 10.3. The minimum Gasteiger partial charge on any atom is -0.453 e. The van der Waals surface area contributed by atoms with Gasteiger partial charge >= 0.3 is 6.09 Å². The zero-order valence-electron chi connectivity index (χ0n) is 20.7. The minimum absolute atomic E-state index is 0.202. The van der Waals surface area contributed by atoms with Crippen LogP contribution in [0, 0.1) is 5.92 Å². The van der Waals surface area contributed by atoms with Crippen molar-refractivity contribution in [3.05, 3.63) is 29.5 Å². The molecule has 1 aromatic heterocycles. The number of likely N-dealkylation sites (tertiary alicyclic amines) is 2. The molecule has 3 aliphatic heterocycles. The highest BCUT2D eigenvalue weighted by Crippen LogP contribution is 2.34. The first kappa shape index (κ1) is 23.8. The summed E-state index contributed by atoms with van der Waals surface area (Å²) in [5.74, 6) is 0.347. The van der Waals surface area contributed by atoms with Gasteiger partial charge in [-0.1, -0.05) is 12.1 Å². The van der Waals surface area contributed by atoms with Crippen molar-refractivity contribution in [2.45, 2.75) is 50.4 Å². The maximum atomic E-state index is 12.4. The summed E-state index contributed by atoms with van der Waals surface area (Å²) in [4.78, 5) is 40.0. The van der Waals surface area contributed by atoms with Crippen LogP contribution in [0.25, 0.3) is 10.9 Å². The molecule has 0 radical (unpaired) electrons. The van der Waals surface area contributed by atoms with Gasteiger partial charge in [-0.2, -0.15) is 5.10 Å². The van der Waals surface area contributed by atoms with Crippen molar-refractivity contribution in [2.75, 3.05) is 39.8 Å². The third-order valence-corrected chi connectivity index (χ3v) is 8.10. The molecule has 35 heavy (non-hydrogen) atoms. The normalized spacial score (nSPS) is 23.0. The van der Waals surface area contributed by atoms with Crippen LogP contribution in [0.1, 0.15) is 61.6 Å². The Morgan fingerprint density at radius 3 is 2.51 bits per heavy atom. The smallest absolute Gasteiger partial charge is 0.409 e. The Morgan fingerprint density at radius 1 is 1.09 bits per heavy atom. The highest BCUT2D eigenvalue weighted by molar-refractivity contribution is 6.02. The third kappa shape index (κ3) is 4.91. The number of ether oxygens (including phenoxy) is 1. The SMILES string of the molecule is COC(=O)N1CCC(CN2CCC(c3ccc4c(C5CCC(=O)NC5=O)nn(C)c4c3)CC2)CC1. The summed E-state index contributed by atoms with van der Waals surface area (Å²) in [6.07, 6.45) is 5.01. The zero-order chi connectivity index (χ0) is 24.5. The Morgan fingerprint density at radius 2 is 1.83 bits per heavy atom. The van der Waals surface area contributed by atoms with E-state index < -0.39 is 0 Å². The van der Waals surface area contributed by atoms with Crippen LogP contribution in [-0.4, -0.2) is 77.3 Å². The van der Waals surface area contributed by atoms with Crippen LogP contribution in [0.2, 0.25) is 0 Å². The second-order valence-electron chi connectivity index (χ2n) is 10.3. The van der Waals surface area contributed by atoms with E-state index in [1.807, 2.05) is 16.6 Å². The molecule has 188 valence electrons. The van der Waals surface area contributed by atoms with E-state index in [4.69, 9.17) is 4.74 Å². The van der Waals surface area contributed by atoms with Gasteiger partial charge in [0.2, 0.25) is 11.8 Å². The van der Waals surface area contributed by atoms with Gasteiger partial charge in [-0.05, 0) is 68.7 Å². The lowest BCUT2D eigenvalue weighted by Gasteiger charge is -2.37. The standard InChI is InChI=1S/C26H35N5O4/c1-29-22-15-19(3-4-20(22)24(28-29)21-5-6-23(32)27-25(21)33)18-9-11-30(12-10-18)16-17-7-13-31(14-8-17)26(34)35-2/h3-4,15,17-18,21H,5-14,16H2,1-2H3,(H,27,32,33). The van der Waals surface area contributed by atoms with Crippen molar-refractivity contribution in [3.63, 3.8) is 0 Å². The van der Waals surface area contributed by atoms with Crippen LogP contribution >= 0.6 is 0 Å². The van der Waals surface area contributed by atoms with Gasteiger partial charge in [-0.3, -0.25) is 19.6 Å². The van der Waals surface area contributed by atoms with E-state index in [-0.39, 0.29) is 23.8 Å². The molecule has 0 bridgehead atoms. The van der Waals surface area contributed by atoms with Crippen LogP contribution in [0.3, 0.4) is 0 Å². The van der Waals surface area contributed by atoms with Crippen molar-refractivity contribution in [2.24, 2.45) is 13.0 Å². The van der Waals surface area contributed by atoms with Crippen LogP contribution in [-0.2, 0) is 21.4 Å². The Hall–Kier alpha value is -2.94. The van der Waals surface area contributed by atoms with Crippen LogP contribution < -0.4 is 5.32 Å². The fourth-order valence-corrected chi connectivity index (χ4v) is 6.01. The first-order valence-electron chi connectivity index (χ1n) is 12.8. The average molecular weight is 482 g/mol. The maximum Gasteiger partial charge on any atom is 0.409 e. The van der Waals surface area contributed by atoms with Crippen LogP contribution in [0.4, 0.5) is 4.79 Å². The molecule has 4 heterocycles. The molecule has 0 spiro atoms. The summed E-state index contributed by atoms with van der Waals surface area (Å²) in [7, 11) is 3.37. The van der Waals surface area contributed by atoms with Gasteiger partial charge < -0.3 is 14.5 Å². The van der Waals surface area contributed by atoms with Crippen molar-refractivity contribution in [3.8, 4) is 0 Å². The Balaban J connectivity index is 1.19. The van der Waals surface area contributed by atoms with Gasteiger partial charge in [0, 0.05) is 38.5 Å². The maximum absolute atomic E-state index is 12.4. The number of aryl methyl sites for hydroxylation is 1. The second kappa shape index (κ2) is 9.97. The van der Waals surface area contributed by atoms with E-state index in [1.54, 1.807) is 0 Å². The number of nitrogens with zero attached hydrogens (tertiary/aromatic N) is 4. The summed E-state index contributed by atoms with van der Waals surface area (Å²) in [5.41, 5.74) is 3.15. The summed E-state index contributed by atoms with van der Waals surface area (Å²) in [5, 5.41) is 8.13. The van der Waals surface area contributed by atoms with E-state index in [2.05, 4.69) is 33.5 Å². The molecule has 0 aliphatic carbocycles. The quantitative estimate of drug-likeness (QED) is 0.675. The molecule has 2 aromatic rings. The molecule has 3 saturated heterocycles. The number of hydrogen-bond acceptors (Lipinski definition) is 6. The predicted molar refractivity (Wildman–Crippen MR) is 131 cm³/mol. The number of fused-ring (bicyclic) bond motifs is 1.